The van der Waals surface area contributed by atoms with E-state index >= 15 is 0 Å². The van der Waals surface area contributed by atoms with Crippen LogP contribution in [0.15, 0.2) is 23.6 Å². The Morgan fingerprint density at radius 1 is 1.19 bits per heavy atom. The van der Waals surface area contributed by atoms with E-state index in [0.29, 0.717) is 17.5 Å². The maximum absolute atomic E-state index is 13.1. The normalized spacial score (nSPS) is 25.0. The summed E-state index contributed by atoms with van der Waals surface area (Å²) < 4.78 is 0. The van der Waals surface area contributed by atoms with Gasteiger partial charge in [-0.3, -0.25) is 24.5 Å². The molecule has 1 aliphatic heterocycles. The van der Waals surface area contributed by atoms with Crippen molar-refractivity contribution in [3.05, 3.63) is 55.2 Å². The summed E-state index contributed by atoms with van der Waals surface area (Å²) in [5, 5.41) is 3.85. The van der Waals surface area contributed by atoms with Gasteiger partial charge in [0.05, 0.1) is 15.5 Å². The van der Waals surface area contributed by atoms with E-state index in [2.05, 4.69) is 0 Å². The monoisotopic (exact) mass is 407 g/mol. The molecule has 2 atom stereocenters. The van der Waals surface area contributed by atoms with Gasteiger partial charge in [0.15, 0.2) is 5.78 Å². The van der Waals surface area contributed by atoms with Crippen LogP contribution in [0.3, 0.4) is 0 Å². The Balaban J connectivity index is 1.87. The maximum atomic E-state index is 13.1. The standard InChI is InChI=1S/C18H11Cl2NO4S/c1-18(9-3-2-4-26-9)6-7-5-8(11-14(22)17(25)21-16(11)24)12(19)13(20)10(7)15(18)23/h2-5,11H,6H2,1H3,(H,21,24,25). The van der Waals surface area contributed by atoms with Crippen molar-refractivity contribution < 1.29 is 19.2 Å². The van der Waals surface area contributed by atoms with Crippen molar-refractivity contribution in [2.24, 2.45) is 0 Å². The number of carbonyl (C=O) groups excluding carboxylic acids is 4. The number of hydrogen-bond donors (Lipinski definition) is 1. The summed E-state index contributed by atoms with van der Waals surface area (Å²) in [7, 11) is 0. The fraction of sp³-hybridized carbons (Fsp3) is 0.222. The molecule has 0 spiro atoms. The lowest BCUT2D eigenvalue weighted by molar-refractivity contribution is -0.135. The number of hydrogen-bond acceptors (Lipinski definition) is 5. The molecule has 2 heterocycles. The van der Waals surface area contributed by atoms with Crippen molar-refractivity contribution in [1.82, 2.24) is 5.32 Å². The number of halogens is 2. The van der Waals surface area contributed by atoms with Crippen molar-refractivity contribution in [1.29, 1.82) is 0 Å². The Hall–Kier alpha value is -2.02. The van der Waals surface area contributed by atoms with Crippen molar-refractivity contribution in [3.63, 3.8) is 0 Å². The van der Waals surface area contributed by atoms with E-state index in [1.165, 1.54) is 11.3 Å². The summed E-state index contributed by atoms with van der Waals surface area (Å²) >= 11 is 14.1. The minimum absolute atomic E-state index is 0.0180. The molecule has 4 rings (SSSR count). The Labute approximate surface area is 162 Å². The van der Waals surface area contributed by atoms with Crippen molar-refractivity contribution >= 4 is 57.9 Å². The van der Waals surface area contributed by atoms with Crippen LogP contribution in [0.2, 0.25) is 10.0 Å². The molecule has 1 aromatic carbocycles. The molecule has 1 fully saturated rings. The van der Waals surface area contributed by atoms with Gasteiger partial charge in [0.25, 0.3) is 5.91 Å². The second-order valence-corrected chi connectivity index (χ2v) is 8.26. The predicted octanol–water partition coefficient (Wildman–Crippen LogP) is 3.06. The van der Waals surface area contributed by atoms with Gasteiger partial charge >= 0.3 is 0 Å². The van der Waals surface area contributed by atoms with Crippen LogP contribution < -0.4 is 5.32 Å². The fourth-order valence-corrected chi connectivity index (χ4v) is 5.06. The molecular weight excluding hydrogens is 397 g/mol. The number of thiophene rings is 1. The van der Waals surface area contributed by atoms with Crippen molar-refractivity contribution in [2.45, 2.75) is 24.7 Å². The topological polar surface area (TPSA) is 80.3 Å². The smallest absolute Gasteiger partial charge is 0.293 e. The zero-order valence-corrected chi connectivity index (χ0v) is 15.7. The van der Waals surface area contributed by atoms with Gasteiger partial charge in [-0.25, -0.2) is 0 Å². The van der Waals surface area contributed by atoms with Gasteiger partial charge in [0, 0.05) is 10.4 Å². The number of ketones is 2. The first-order valence-electron chi connectivity index (χ1n) is 7.74. The lowest BCUT2D eigenvalue weighted by Gasteiger charge is -2.19. The number of rotatable bonds is 2. The second kappa shape index (κ2) is 5.74. The highest BCUT2D eigenvalue weighted by atomic mass is 35.5. The largest absolute Gasteiger partial charge is 0.295 e. The molecule has 0 saturated carbocycles. The molecule has 0 bridgehead atoms. The quantitative estimate of drug-likeness (QED) is 0.471. The third-order valence-corrected chi connectivity index (χ3v) is 6.97. The van der Waals surface area contributed by atoms with Gasteiger partial charge in [-0.2, -0.15) is 0 Å². The first kappa shape index (κ1) is 17.4. The molecular formula is C18H11Cl2NO4S. The molecule has 1 aliphatic carbocycles. The van der Waals surface area contributed by atoms with Gasteiger partial charge in [-0.05, 0) is 35.9 Å². The Bertz CT molecular complexity index is 1010. The second-order valence-electron chi connectivity index (χ2n) is 6.56. The van der Waals surface area contributed by atoms with Gasteiger partial charge in [-0.1, -0.05) is 35.3 Å². The Morgan fingerprint density at radius 3 is 2.50 bits per heavy atom. The minimum Gasteiger partial charge on any atom is -0.293 e. The highest BCUT2D eigenvalue weighted by Crippen LogP contribution is 2.47. The van der Waals surface area contributed by atoms with E-state index in [9.17, 15) is 19.2 Å². The molecule has 26 heavy (non-hydrogen) atoms. The number of nitrogens with one attached hydrogen (secondary N) is 1. The van der Waals surface area contributed by atoms with Gasteiger partial charge < -0.3 is 0 Å². The third-order valence-electron chi connectivity index (χ3n) is 4.95. The molecule has 2 unspecified atom stereocenters. The molecule has 8 heteroatoms. The molecule has 1 N–H and O–H groups in total. The summed E-state index contributed by atoms with van der Waals surface area (Å²) in [5.41, 5.74) is 0.315. The number of Topliss-reactive ketones (excluding diaryl/α,β-unsaturated/α-hetero) is 2. The zero-order chi connectivity index (χ0) is 18.8. The summed E-state index contributed by atoms with van der Waals surface area (Å²) in [6, 6.07) is 5.31. The average molecular weight is 408 g/mol. The van der Waals surface area contributed by atoms with E-state index in [0.717, 1.165) is 4.88 Å². The highest BCUT2D eigenvalue weighted by Gasteiger charge is 2.48. The van der Waals surface area contributed by atoms with Crippen LogP contribution in [0, 0.1) is 0 Å². The van der Waals surface area contributed by atoms with E-state index in [1.54, 1.807) is 6.07 Å². The van der Waals surface area contributed by atoms with E-state index in [-0.39, 0.29) is 21.4 Å². The lowest BCUT2D eigenvalue weighted by atomic mass is 9.84. The summed E-state index contributed by atoms with van der Waals surface area (Å²) in [6.45, 7) is 1.84. The van der Waals surface area contributed by atoms with Crippen molar-refractivity contribution in [2.75, 3.05) is 0 Å². The van der Waals surface area contributed by atoms with E-state index in [4.69, 9.17) is 23.2 Å². The first-order chi connectivity index (χ1) is 12.3. The maximum Gasteiger partial charge on any atom is 0.295 e. The minimum atomic E-state index is -1.33. The fourth-order valence-electron chi connectivity index (χ4n) is 3.60. The van der Waals surface area contributed by atoms with E-state index < -0.39 is 28.9 Å². The van der Waals surface area contributed by atoms with Gasteiger partial charge in [-0.15, -0.1) is 11.3 Å². The summed E-state index contributed by atoms with van der Waals surface area (Å²) in [5.74, 6) is -4.05. The number of imide groups is 1. The SMILES string of the molecule is CC1(c2cccs2)Cc2cc(C3C(=O)NC(=O)C3=O)c(Cl)c(Cl)c2C1=O. The van der Waals surface area contributed by atoms with E-state index in [1.807, 2.05) is 29.8 Å². The lowest BCUT2D eigenvalue weighted by Crippen LogP contribution is -2.28. The summed E-state index contributed by atoms with van der Waals surface area (Å²) in [6.07, 6.45) is 0.377. The molecule has 132 valence electrons. The van der Waals surface area contributed by atoms with Crippen LogP contribution in [0.5, 0.6) is 0 Å². The van der Waals surface area contributed by atoms with Crippen molar-refractivity contribution in [3.8, 4) is 0 Å². The Kier molecular flexibility index (Phi) is 3.84. The Morgan fingerprint density at radius 2 is 1.92 bits per heavy atom. The number of fused-ring (bicyclic) bond motifs is 1. The van der Waals surface area contributed by atoms with Crippen LogP contribution in [0.25, 0.3) is 0 Å². The average Bonchev–Trinajstić information content (AvgIpc) is 3.26. The highest BCUT2D eigenvalue weighted by molar-refractivity contribution is 7.10. The molecule has 1 saturated heterocycles. The predicted molar refractivity (Wildman–Crippen MR) is 97.1 cm³/mol. The number of amides is 2. The first-order valence-corrected chi connectivity index (χ1v) is 9.38. The zero-order valence-electron chi connectivity index (χ0n) is 13.4. The summed E-state index contributed by atoms with van der Waals surface area (Å²) in [4.78, 5) is 49.5. The third kappa shape index (κ3) is 2.22. The molecule has 2 aliphatic rings. The van der Waals surface area contributed by atoms with Crippen LogP contribution >= 0.6 is 34.5 Å². The number of benzene rings is 1. The van der Waals surface area contributed by atoms with Crippen LogP contribution in [0.1, 0.15) is 39.2 Å². The number of carbonyl (C=O) groups is 4. The van der Waals surface area contributed by atoms with Gasteiger partial charge in [0.1, 0.15) is 5.92 Å². The van der Waals surface area contributed by atoms with Gasteiger partial charge in [0.2, 0.25) is 11.7 Å². The molecule has 1 aromatic heterocycles. The molecule has 5 nitrogen and oxygen atoms in total. The van der Waals surface area contributed by atoms with Crippen LogP contribution in [0.4, 0.5) is 0 Å². The molecule has 2 amide bonds. The van der Waals surface area contributed by atoms with Crippen LogP contribution in [-0.2, 0) is 26.2 Å². The van der Waals surface area contributed by atoms with Crippen LogP contribution in [-0.4, -0.2) is 23.4 Å². The molecule has 2 aromatic rings. The molecule has 0 radical (unpaired) electrons.